The Bertz CT molecular complexity index is 1260. The predicted octanol–water partition coefficient (Wildman–Crippen LogP) is 6.74. The fraction of sp³-hybridized carbons (Fsp3) is 0. The first-order valence-corrected chi connectivity index (χ1v) is 30.3. The molecular weight excluding hydrogens is 992 g/mol. The first-order valence-electron chi connectivity index (χ1n) is 13.5. The number of benzene rings is 6. The second-order valence-electron chi connectivity index (χ2n) is 8.74. The minimum absolute atomic E-state index is 0.0950. The van der Waals surface area contributed by atoms with Gasteiger partial charge in [0, 0.05) is 0 Å². The zero-order chi connectivity index (χ0) is 32.5. The molecular formula is C36H30Br2MoN2O2Sb2-2. The molecule has 6 rings (SSSR count). The molecule has 9 heteroatoms. The standard InChI is InChI=1S/6C6H5.2BrH.Mo.2NO.2Sb/c6*1-2-4-6-5-3-1;;;;2*1-2;;/h6*1-5H;2*1H;;;;;/q;;;;;;;;+2;2*-1;;/p-2. The number of nitroso groups, excluding NO2 is 2. The third-order valence-electron chi connectivity index (χ3n) is 6.09. The Morgan fingerprint density at radius 1 is 0.311 bits per heavy atom. The molecule has 0 radical (unpaired) electrons. The van der Waals surface area contributed by atoms with E-state index in [4.69, 9.17) is 21.0 Å². The second kappa shape index (κ2) is 25.0. The van der Waals surface area contributed by atoms with Crippen molar-refractivity contribution in [2.24, 2.45) is 0 Å². The van der Waals surface area contributed by atoms with Crippen molar-refractivity contribution in [1.82, 2.24) is 0 Å². The summed E-state index contributed by atoms with van der Waals surface area (Å²) < 4.78 is 9.10. The van der Waals surface area contributed by atoms with Crippen molar-refractivity contribution in [2.45, 2.75) is 0 Å². The predicted molar refractivity (Wildman–Crippen MR) is 199 cm³/mol. The van der Waals surface area contributed by atoms with Gasteiger partial charge in [0.15, 0.2) is 0 Å². The summed E-state index contributed by atoms with van der Waals surface area (Å²) in [6, 6.07) is 65.8. The van der Waals surface area contributed by atoms with Crippen molar-refractivity contribution in [3.63, 3.8) is 0 Å². The van der Waals surface area contributed by atoms with E-state index >= 15 is 0 Å². The van der Waals surface area contributed by atoms with Gasteiger partial charge in [0.1, 0.15) is 0 Å². The maximum absolute atomic E-state index is 7.25. The summed E-state index contributed by atoms with van der Waals surface area (Å²) in [4.78, 5) is 14.5. The van der Waals surface area contributed by atoms with Crippen LogP contribution in [0.15, 0.2) is 182 Å². The van der Waals surface area contributed by atoms with Crippen molar-refractivity contribution < 1.29 is 14.5 Å². The molecule has 0 aromatic heterocycles. The molecule has 0 atom stereocenters. The van der Waals surface area contributed by atoms with Crippen LogP contribution in [0.3, 0.4) is 0 Å². The summed E-state index contributed by atoms with van der Waals surface area (Å²) in [5.41, 5.74) is 11.5. The van der Waals surface area contributed by atoms with E-state index in [9.17, 15) is 0 Å². The normalized spacial score (nSPS) is 9.51. The van der Waals surface area contributed by atoms with Gasteiger partial charge in [0.2, 0.25) is 0 Å². The van der Waals surface area contributed by atoms with Crippen molar-refractivity contribution in [2.75, 3.05) is 0 Å². The van der Waals surface area contributed by atoms with E-state index in [1.54, 1.807) is 0 Å². The molecule has 4 nitrogen and oxygen atoms in total. The second-order valence-corrected chi connectivity index (χ2v) is 30.7. The molecule has 0 aliphatic carbocycles. The van der Waals surface area contributed by atoms with E-state index in [1.165, 1.54) is 21.1 Å². The zero-order valence-electron chi connectivity index (χ0n) is 24.1. The molecule has 0 amide bonds. The van der Waals surface area contributed by atoms with E-state index < -0.39 is 40.4 Å². The van der Waals surface area contributed by atoms with E-state index in [0.717, 1.165) is 0 Å². The Morgan fingerprint density at radius 2 is 0.422 bits per heavy atom. The van der Waals surface area contributed by atoms with E-state index in [0.29, 0.717) is 0 Å². The van der Waals surface area contributed by atoms with E-state index in [1.807, 2.05) is 0 Å². The van der Waals surface area contributed by atoms with Gasteiger partial charge in [0.05, 0.1) is 0 Å². The van der Waals surface area contributed by atoms with Crippen LogP contribution >= 0.6 is 26.6 Å². The first kappa shape index (κ1) is 39.0. The van der Waals surface area contributed by atoms with Crippen LogP contribution in [0.4, 0.5) is 0 Å². The van der Waals surface area contributed by atoms with Crippen LogP contribution in [-0.2, 0) is 14.5 Å². The van der Waals surface area contributed by atoms with Crippen molar-refractivity contribution in [3.8, 4) is 0 Å². The molecule has 0 fully saturated rings. The van der Waals surface area contributed by atoms with Crippen molar-refractivity contribution in [3.05, 3.63) is 203 Å². The van der Waals surface area contributed by atoms with Gasteiger partial charge >= 0.3 is 285 Å². The number of nitrogens with zero attached hydrogens (tertiary/aromatic N) is 2. The number of halogens is 2. The zero-order valence-corrected chi connectivity index (χ0v) is 34.4. The number of rotatable bonds is 6. The minimum atomic E-state index is -1.83. The van der Waals surface area contributed by atoms with Gasteiger partial charge in [-0.15, -0.1) is 0 Å². The fourth-order valence-electron chi connectivity index (χ4n) is 4.36. The third kappa shape index (κ3) is 13.6. The molecule has 0 aliphatic heterocycles. The van der Waals surface area contributed by atoms with Crippen LogP contribution < -0.4 is 21.1 Å². The summed E-state index contributed by atoms with van der Waals surface area (Å²) in [6.45, 7) is 0. The van der Waals surface area contributed by atoms with Crippen LogP contribution in [0.25, 0.3) is 11.2 Å². The van der Waals surface area contributed by atoms with Crippen LogP contribution in [0.2, 0.25) is 0 Å². The summed E-state index contributed by atoms with van der Waals surface area (Å²) >= 11 is 2.83. The van der Waals surface area contributed by atoms with E-state index in [-0.39, 0.29) is 14.5 Å². The Kier molecular flexibility index (Phi) is 21.6. The molecule has 0 heterocycles. The first-order chi connectivity index (χ1) is 22.3. The summed E-state index contributed by atoms with van der Waals surface area (Å²) in [6.07, 6.45) is 0. The van der Waals surface area contributed by atoms with Gasteiger partial charge < -0.3 is 21.0 Å². The van der Waals surface area contributed by atoms with Crippen LogP contribution in [-0.4, -0.2) is 40.4 Å². The summed E-state index contributed by atoms with van der Waals surface area (Å²) in [5, 5.41) is 0. The fourth-order valence-corrected chi connectivity index (χ4v) is 17.5. The van der Waals surface area contributed by atoms with Crippen LogP contribution in [0.1, 0.15) is 0 Å². The van der Waals surface area contributed by atoms with Gasteiger partial charge in [0.25, 0.3) is 0 Å². The van der Waals surface area contributed by atoms with Crippen LogP contribution in [0.5, 0.6) is 0 Å². The molecule has 0 bridgehead atoms. The van der Waals surface area contributed by atoms with Crippen molar-refractivity contribution >= 4 is 88.1 Å². The Labute approximate surface area is 302 Å². The molecule has 0 spiro atoms. The maximum atomic E-state index is 7.25. The SMILES string of the molecule is [Br][Mo][Br].[N-]=O.[N-]=O.c1cc[c]([Sb]([c]2ccccc2)[c]2ccccc2)cc1.c1cc[c]([Sb]([c]2ccccc2)[c]2ccccc2)cc1. The third-order valence-corrected chi connectivity index (χ3v) is 20.0. The quantitative estimate of drug-likeness (QED) is 0.174. The van der Waals surface area contributed by atoms with Gasteiger partial charge in [-0.1, -0.05) is 0 Å². The Balaban J connectivity index is 0.000000262. The molecule has 228 valence electrons. The molecule has 0 unspecified atom stereocenters. The molecule has 6 aromatic rings. The molecule has 0 aliphatic rings. The summed E-state index contributed by atoms with van der Waals surface area (Å²) in [5.74, 6) is 0. The van der Waals surface area contributed by atoms with Crippen LogP contribution in [0, 0.1) is 9.81 Å². The number of hydrogen-bond acceptors (Lipinski definition) is 2. The Morgan fingerprint density at radius 3 is 0.533 bits per heavy atom. The average molecular weight is 1020 g/mol. The monoisotopic (exact) mass is 1020 g/mol. The van der Waals surface area contributed by atoms with Gasteiger partial charge in [-0.3, -0.25) is 0 Å². The van der Waals surface area contributed by atoms with Gasteiger partial charge in [-0.2, -0.15) is 0 Å². The Hall–Kier alpha value is -2.20. The molecule has 45 heavy (non-hydrogen) atoms. The van der Waals surface area contributed by atoms with E-state index in [2.05, 4.69) is 209 Å². The number of hydrogen-bond donors (Lipinski definition) is 0. The summed E-state index contributed by atoms with van der Waals surface area (Å²) in [7, 11) is 0. The van der Waals surface area contributed by atoms with Gasteiger partial charge in [-0.25, -0.2) is 0 Å². The average Bonchev–Trinajstić information content (AvgIpc) is 3.14. The molecule has 0 saturated heterocycles. The van der Waals surface area contributed by atoms with Crippen molar-refractivity contribution in [1.29, 1.82) is 0 Å². The molecule has 0 saturated carbocycles. The molecule has 0 N–H and O–H groups in total. The molecule has 6 aromatic carbocycles. The van der Waals surface area contributed by atoms with Gasteiger partial charge in [-0.05, 0) is 0 Å². The topological polar surface area (TPSA) is 78.7 Å².